The minimum Gasteiger partial charge on any atom is -0.382 e. The zero-order chi connectivity index (χ0) is 13.7. The third-order valence-corrected chi connectivity index (χ3v) is 3.77. The van der Waals surface area contributed by atoms with Gasteiger partial charge in [-0.05, 0) is 52.7 Å². The summed E-state index contributed by atoms with van der Waals surface area (Å²) in [5.41, 5.74) is 3.69. The van der Waals surface area contributed by atoms with E-state index in [2.05, 4.69) is 70.4 Å². The molecular weight excluding hydrogens is 300 g/mol. The van der Waals surface area contributed by atoms with Crippen LogP contribution in [0.5, 0.6) is 0 Å². The molecule has 2 aromatic rings. The van der Waals surface area contributed by atoms with Crippen LogP contribution in [-0.4, -0.2) is 20.1 Å². The average Bonchev–Trinajstić information content (AvgIpc) is 2.41. The molecule has 0 aliphatic heterocycles. The van der Waals surface area contributed by atoms with Crippen molar-refractivity contribution in [2.45, 2.75) is 6.92 Å². The largest absolute Gasteiger partial charge is 0.382 e. The van der Waals surface area contributed by atoms with Crippen molar-refractivity contribution in [3.63, 3.8) is 0 Å². The van der Waals surface area contributed by atoms with Gasteiger partial charge in [-0.25, -0.2) is 0 Å². The minimum atomic E-state index is 0.910. The van der Waals surface area contributed by atoms with E-state index in [4.69, 9.17) is 0 Å². The lowest BCUT2D eigenvalue weighted by Crippen LogP contribution is -2.24. The molecule has 1 N–H and O–H groups in total. The van der Waals surface area contributed by atoms with E-state index in [-0.39, 0.29) is 0 Å². The van der Waals surface area contributed by atoms with Crippen LogP contribution in [0, 0.1) is 6.92 Å². The topological polar surface area (TPSA) is 15.3 Å². The van der Waals surface area contributed by atoms with E-state index >= 15 is 0 Å². The van der Waals surface area contributed by atoms with Gasteiger partial charge in [0.05, 0.1) is 0 Å². The van der Waals surface area contributed by atoms with Crippen molar-refractivity contribution in [3.05, 3.63) is 58.6 Å². The predicted molar refractivity (Wildman–Crippen MR) is 87.1 cm³/mol. The van der Waals surface area contributed by atoms with E-state index in [1.165, 1.54) is 11.3 Å². The first-order valence-electron chi connectivity index (χ1n) is 6.43. The number of likely N-dealkylation sites (N-methyl/N-ethyl adjacent to an activating group) is 1. The van der Waals surface area contributed by atoms with Crippen LogP contribution in [0.2, 0.25) is 0 Å². The third kappa shape index (κ3) is 4.00. The second kappa shape index (κ2) is 6.62. The summed E-state index contributed by atoms with van der Waals surface area (Å²) in [4.78, 5) is 2.26. The van der Waals surface area contributed by atoms with E-state index in [9.17, 15) is 0 Å². The number of para-hydroxylation sites is 1. The van der Waals surface area contributed by atoms with Crippen molar-refractivity contribution in [2.24, 2.45) is 0 Å². The SMILES string of the molecule is Cc1cccc(N(C)CCNc2ccccc2Br)c1. The molecule has 2 rings (SSSR count). The maximum absolute atomic E-state index is 3.54. The standard InChI is InChI=1S/C16H19BrN2/c1-13-6-5-7-14(12-13)19(2)11-10-18-16-9-4-3-8-15(16)17/h3-9,12,18H,10-11H2,1-2H3. The van der Waals surface area contributed by atoms with Crippen molar-refractivity contribution in [2.75, 3.05) is 30.4 Å². The lowest BCUT2D eigenvalue weighted by molar-refractivity contribution is 0.913. The predicted octanol–water partition coefficient (Wildman–Crippen LogP) is 4.31. The highest BCUT2D eigenvalue weighted by atomic mass is 79.9. The molecule has 0 bridgehead atoms. The smallest absolute Gasteiger partial charge is 0.0485 e. The number of hydrogen-bond donors (Lipinski definition) is 1. The van der Waals surface area contributed by atoms with Crippen LogP contribution >= 0.6 is 15.9 Å². The van der Waals surface area contributed by atoms with E-state index in [0.717, 1.165) is 23.2 Å². The van der Waals surface area contributed by atoms with Crippen LogP contribution in [0.25, 0.3) is 0 Å². The second-order valence-electron chi connectivity index (χ2n) is 4.67. The molecule has 0 spiro atoms. The first-order valence-corrected chi connectivity index (χ1v) is 7.22. The molecular formula is C16H19BrN2. The molecule has 2 aromatic carbocycles. The molecule has 0 unspecified atom stereocenters. The number of aryl methyl sites for hydroxylation is 1. The van der Waals surface area contributed by atoms with Gasteiger partial charge in [-0.3, -0.25) is 0 Å². The Morgan fingerprint density at radius 3 is 2.63 bits per heavy atom. The van der Waals surface area contributed by atoms with Crippen LogP contribution < -0.4 is 10.2 Å². The summed E-state index contributed by atoms with van der Waals surface area (Å²) in [5, 5.41) is 3.44. The van der Waals surface area contributed by atoms with Crippen molar-refractivity contribution >= 4 is 27.3 Å². The first-order chi connectivity index (χ1) is 9.16. The summed E-state index contributed by atoms with van der Waals surface area (Å²) in [6, 6.07) is 16.8. The number of nitrogens with zero attached hydrogens (tertiary/aromatic N) is 1. The van der Waals surface area contributed by atoms with Crippen LogP contribution in [0.4, 0.5) is 11.4 Å². The number of nitrogens with one attached hydrogen (secondary N) is 1. The molecule has 0 saturated heterocycles. The monoisotopic (exact) mass is 318 g/mol. The Kier molecular flexibility index (Phi) is 4.86. The molecule has 0 amide bonds. The Morgan fingerprint density at radius 2 is 1.89 bits per heavy atom. The van der Waals surface area contributed by atoms with Gasteiger partial charge in [0.25, 0.3) is 0 Å². The fourth-order valence-corrected chi connectivity index (χ4v) is 2.38. The van der Waals surface area contributed by atoms with E-state index in [0.29, 0.717) is 0 Å². The normalized spacial score (nSPS) is 10.3. The average molecular weight is 319 g/mol. The van der Waals surface area contributed by atoms with Gasteiger partial charge in [-0.15, -0.1) is 0 Å². The summed E-state index contributed by atoms with van der Waals surface area (Å²) in [7, 11) is 2.12. The summed E-state index contributed by atoms with van der Waals surface area (Å²) < 4.78 is 1.10. The number of halogens is 1. The third-order valence-electron chi connectivity index (χ3n) is 3.08. The summed E-state index contributed by atoms with van der Waals surface area (Å²) in [5.74, 6) is 0. The number of benzene rings is 2. The van der Waals surface area contributed by atoms with E-state index in [1.807, 2.05) is 18.2 Å². The van der Waals surface area contributed by atoms with Gasteiger partial charge in [0.1, 0.15) is 0 Å². The molecule has 0 aromatic heterocycles. The van der Waals surface area contributed by atoms with Crippen molar-refractivity contribution < 1.29 is 0 Å². The quantitative estimate of drug-likeness (QED) is 0.883. The van der Waals surface area contributed by atoms with Gasteiger partial charge in [0.15, 0.2) is 0 Å². The van der Waals surface area contributed by atoms with Crippen LogP contribution in [0.1, 0.15) is 5.56 Å². The van der Waals surface area contributed by atoms with Crippen LogP contribution in [-0.2, 0) is 0 Å². The van der Waals surface area contributed by atoms with E-state index in [1.54, 1.807) is 0 Å². The highest BCUT2D eigenvalue weighted by Gasteiger charge is 2.01. The first kappa shape index (κ1) is 13.9. The molecule has 2 nitrogen and oxygen atoms in total. The zero-order valence-electron chi connectivity index (χ0n) is 11.4. The lowest BCUT2D eigenvalue weighted by Gasteiger charge is -2.20. The number of anilines is 2. The molecule has 0 heterocycles. The Hall–Kier alpha value is -1.48. The lowest BCUT2D eigenvalue weighted by atomic mass is 10.2. The van der Waals surface area contributed by atoms with Crippen molar-refractivity contribution in [1.29, 1.82) is 0 Å². The Morgan fingerprint density at radius 1 is 1.11 bits per heavy atom. The summed E-state index contributed by atoms with van der Waals surface area (Å²) >= 11 is 3.54. The van der Waals surface area contributed by atoms with Crippen molar-refractivity contribution in [1.82, 2.24) is 0 Å². The second-order valence-corrected chi connectivity index (χ2v) is 5.52. The Labute approximate surface area is 123 Å². The van der Waals surface area contributed by atoms with Crippen LogP contribution in [0.3, 0.4) is 0 Å². The zero-order valence-corrected chi connectivity index (χ0v) is 12.9. The number of hydrogen-bond acceptors (Lipinski definition) is 2. The molecule has 19 heavy (non-hydrogen) atoms. The minimum absolute atomic E-state index is 0.910. The Balaban J connectivity index is 1.88. The molecule has 0 aliphatic rings. The fourth-order valence-electron chi connectivity index (χ4n) is 1.96. The molecule has 0 aliphatic carbocycles. The van der Waals surface area contributed by atoms with Gasteiger partial charge in [-0.2, -0.15) is 0 Å². The van der Waals surface area contributed by atoms with Gasteiger partial charge >= 0.3 is 0 Å². The van der Waals surface area contributed by atoms with Gasteiger partial charge in [0.2, 0.25) is 0 Å². The van der Waals surface area contributed by atoms with E-state index < -0.39 is 0 Å². The highest BCUT2D eigenvalue weighted by molar-refractivity contribution is 9.10. The molecule has 0 atom stereocenters. The van der Waals surface area contributed by atoms with Crippen LogP contribution in [0.15, 0.2) is 53.0 Å². The highest BCUT2D eigenvalue weighted by Crippen LogP contribution is 2.21. The summed E-state index contributed by atoms with van der Waals surface area (Å²) in [6.07, 6.45) is 0. The molecule has 3 heteroatoms. The number of rotatable bonds is 5. The maximum Gasteiger partial charge on any atom is 0.0485 e. The van der Waals surface area contributed by atoms with Crippen molar-refractivity contribution in [3.8, 4) is 0 Å². The molecule has 0 radical (unpaired) electrons. The molecule has 0 saturated carbocycles. The molecule has 100 valence electrons. The Bertz CT molecular complexity index is 540. The summed E-state index contributed by atoms with van der Waals surface area (Å²) in [6.45, 7) is 3.99. The maximum atomic E-state index is 3.54. The fraction of sp³-hybridized carbons (Fsp3) is 0.250. The van der Waals surface area contributed by atoms with Gasteiger partial charge in [0, 0.05) is 36.0 Å². The van der Waals surface area contributed by atoms with Gasteiger partial charge in [-0.1, -0.05) is 24.3 Å². The van der Waals surface area contributed by atoms with Gasteiger partial charge < -0.3 is 10.2 Å². The molecule has 0 fully saturated rings.